The van der Waals surface area contributed by atoms with Gasteiger partial charge in [0.25, 0.3) is 0 Å². The second-order valence-corrected chi connectivity index (χ2v) is 2.03. The zero-order chi connectivity index (χ0) is 8.85. The summed E-state index contributed by atoms with van der Waals surface area (Å²) in [5.74, 6) is -0.369. The first-order chi connectivity index (χ1) is 5.11. The Balaban J connectivity index is 4.34. The van der Waals surface area contributed by atoms with Gasteiger partial charge in [-0.3, -0.25) is 5.41 Å². The Morgan fingerprint density at radius 2 is 2.09 bits per heavy atom. The second-order valence-electron chi connectivity index (χ2n) is 2.03. The summed E-state index contributed by atoms with van der Waals surface area (Å²) in [6.07, 6.45) is 2.58. The van der Waals surface area contributed by atoms with Crippen molar-refractivity contribution in [3.8, 4) is 0 Å². The van der Waals surface area contributed by atoms with E-state index in [0.29, 0.717) is 5.57 Å². The molecule has 0 radical (unpaired) electrons. The van der Waals surface area contributed by atoms with Gasteiger partial charge in [0.1, 0.15) is 5.83 Å². The highest BCUT2D eigenvalue weighted by Crippen LogP contribution is 2.04. The molecule has 0 aliphatic rings. The number of ether oxygens (including phenoxy) is 1. The predicted octanol–water partition coefficient (Wildman–Crippen LogP) is 2.43. The van der Waals surface area contributed by atoms with Crippen LogP contribution in [0.4, 0.5) is 4.39 Å². The average molecular weight is 157 g/mol. The van der Waals surface area contributed by atoms with E-state index < -0.39 is 0 Å². The zero-order valence-corrected chi connectivity index (χ0v) is 6.94. The number of halogens is 1. The fourth-order valence-electron chi connectivity index (χ4n) is 0.517. The topological polar surface area (TPSA) is 33.1 Å². The molecule has 0 aromatic heterocycles. The van der Waals surface area contributed by atoms with Crippen molar-refractivity contribution in [2.45, 2.75) is 13.8 Å². The van der Waals surface area contributed by atoms with Crippen molar-refractivity contribution >= 4 is 5.90 Å². The number of nitrogens with one attached hydrogen (secondary N) is 1. The van der Waals surface area contributed by atoms with E-state index in [1.54, 1.807) is 13.8 Å². The first-order valence-corrected chi connectivity index (χ1v) is 3.24. The lowest BCUT2D eigenvalue weighted by atomic mass is 10.2. The molecule has 11 heavy (non-hydrogen) atoms. The van der Waals surface area contributed by atoms with E-state index >= 15 is 0 Å². The van der Waals surface area contributed by atoms with Crippen LogP contribution in [0.1, 0.15) is 13.8 Å². The van der Waals surface area contributed by atoms with Crippen LogP contribution >= 0.6 is 0 Å². The molecule has 0 aliphatic carbocycles. The molecule has 0 spiro atoms. The second kappa shape index (κ2) is 4.66. The maximum atomic E-state index is 12.5. The van der Waals surface area contributed by atoms with Gasteiger partial charge in [0.2, 0.25) is 5.90 Å². The van der Waals surface area contributed by atoms with Crippen LogP contribution in [0.3, 0.4) is 0 Å². The quantitative estimate of drug-likeness (QED) is 0.372. The van der Waals surface area contributed by atoms with Crippen LogP contribution in [-0.2, 0) is 4.74 Å². The highest BCUT2D eigenvalue weighted by Gasteiger charge is 1.98. The number of methoxy groups -OCH3 is 1. The van der Waals surface area contributed by atoms with Gasteiger partial charge in [-0.2, -0.15) is 0 Å². The molecule has 0 saturated carbocycles. The molecule has 3 heteroatoms. The smallest absolute Gasteiger partial charge is 0.208 e. The molecule has 0 atom stereocenters. The molecule has 2 nitrogen and oxygen atoms in total. The van der Waals surface area contributed by atoms with Crippen molar-refractivity contribution in [3.63, 3.8) is 0 Å². The van der Waals surface area contributed by atoms with Gasteiger partial charge in [-0.25, -0.2) is 4.39 Å². The van der Waals surface area contributed by atoms with E-state index in [0.717, 1.165) is 0 Å². The molecule has 0 bridgehead atoms. The third kappa shape index (κ3) is 3.55. The average Bonchev–Trinajstić information content (AvgIpc) is 2.02. The van der Waals surface area contributed by atoms with Gasteiger partial charge in [-0.15, -0.1) is 0 Å². The molecule has 62 valence electrons. The van der Waals surface area contributed by atoms with Gasteiger partial charge < -0.3 is 4.74 Å². The molecule has 0 fully saturated rings. The maximum Gasteiger partial charge on any atom is 0.208 e. The lowest BCUT2D eigenvalue weighted by Crippen LogP contribution is -1.99. The van der Waals surface area contributed by atoms with Crippen LogP contribution in [0.25, 0.3) is 0 Å². The van der Waals surface area contributed by atoms with Crippen LogP contribution in [0.2, 0.25) is 0 Å². The van der Waals surface area contributed by atoms with E-state index in [1.165, 1.54) is 19.3 Å². The molecule has 0 saturated heterocycles. The predicted molar refractivity (Wildman–Crippen MR) is 43.4 cm³/mol. The van der Waals surface area contributed by atoms with Gasteiger partial charge in [-0.1, -0.05) is 6.08 Å². The normalized spacial score (nSPS) is 13.1. The Morgan fingerprint density at radius 1 is 1.55 bits per heavy atom. The maximum absolute atomic E-state index is 12.5. The molecule has 0 amide bonds. The van der Waals surface area contributed by atoms with Crippen molar-refractivity contribution in [2.75, 3.05) is 7.11 Å². The van der Waals surface area contributed by atoms with E-state index in [1.807, 2.05) is 0 Å². The third-order valence-corrected chi connectivity index (χ3v) is 1.19. The molecule has 0 heterocycles. The summed E-state index contributed by atoms with van der Waals surface area (Å²) >= 11 is 0. The Labute approximate surface area is 65.9 Å². The van der Waals surface area contributed by atoms with E-state index in [2.05, 4.69) is 4.74 Å². The van der Waals surface area contributed by atoms with Crippen LogP contribution < -0.4 is 0 Å². The van der Waals surface area contributed by atoms with E-state index in [-0.39, 0.29) is 11.7 Å². The van der Waals surface area contributed by atoms with Gasteiger partial charge in [-0.05, 0) is 19.9 Å². The molecule has 0 aliphatic heterocycles. The SMILES string of the molecule is C/C=C(F)\C=C(\C)C(=N)OC. The monoisotopic (exact) mass is 157 g/mol. The number of allylic oxidation sites excluding steroid dienone is 3. The van der Waals surface area contributed by atoms with Crippen molar-refractivity contribution in [1.29, 1.82) is 5.41 Å². The van der Waals surface area contributed by atoms with Gasteiger partial charge in [0, 0.05) is 5.57 Å². The fourth-order valence-corrected chi connectivity index (χ4v) is 0.517. The van der Waals surface area contributed by atoms with Crippen molar-refractivity contribution in [2.24, 2.45) is 0 Å². The molecule has 0 aromatic rings. The number of hydrogen-bond donors (Lipinski definition) is 1. The summed E-state index contributed by atoms with van der Waals surface area (Å²) in [5, 5.41) is 7.13. The third-order valence-electron chi connectivity index (χ3n) is 1.19. The molecule has 0 aromatic carbocycles. The van der Waals surface area contributed by atoms with E-state index in [4.69, 9.17) is 5.41 Å². The van der Waals surface area contributed by atoms with Crippen molar-refractivity contribution < 1.29 is 9.13 Å². The highest BCUT2D eigenvalue weighted by atomic mass is 19.1. The Bertz CT molecular complexity index is 206. The minimum absolute atomic E-state index is 0.0120. The summed E-state index contributed by atoms with van der Waals surface area (Å²) in [4.78, 5) is 0. The first kappa shape index (κ1) is 9.88. The minimum atomic E-state index is -0.357. The van der Waals surface area contributed by atoms with Gasteiger partial charge in [0.05, 0.1) is 7.11 Å². The molecule has 1 N–H and O–H groups in total. The standard InChI is InChI=1S/C8H12FNO/c1-4-7(9)5-6(2)8(10)11-3/h4-5,10H,1-3H3/b6-5-,7-4+,10-8?. The summed E-state index contributed by atoms with van der Waals surface area (Å²) in [6.45, 7) is 3.21. The zero-order valence-electron chi connectivity index (χ0n) is 6.94. The molecule has 0 unspecified atom stereocenters. The minimum Gasteiger partial charge on any atom is -0.481 e. The van der Waals surface area contributed by atoms with E-state index in [9.17, 15) is 4.39 Å². The number of rotatable bonds is 2. The summed E-state index contributed by atoms with van der Waals surface area (Å²) < 4.78 is 17.1. The Hall–Kier alpha value is -1.12. The Morgan fingerprint density at radius 3 is 2.45 bits per heavy atom. The fraction of sp³-hybridized carbons (Fsp3) is 0.375. The van der Waals surface area contributed by atoms with Gasteiger partial charge >= 0.3 is 0 Å². The van der Waals surface area contributed by atoms with Crippen LogP contribution in [-0.4, -0.2) is 13.0 Å². The summed E-state index contributed by atoms with van der Waals surface area (Å²) in [6, 6.07) is 0. The van der Waals surface area contributed by atoms with Crippen LogP contribution in [0.15, 0.2) is 23.6 Å². The van der Waals surface area contributed by atoms with Crippen LogP contribution in [0, 0.1) is 5.41 Å². The number of hydrogen-bond acceptors (Lipinski definition) is 2. The molecular weight excluding hydrogens is 145 g/mol. The lowest BCUT2D eigenvalue weighted by Gasteiger charge is -1.99. The first-order valence-electron chi connectivity index (χ1n) is 3.24. The molecule has 0 rings (SSSR count). The Kier molecular flexibility index (Phi) is 4.18. The summed E-state index contributed by atoms with van der Waals surface area (Å²) in [5.41, 5.74) is 0.475. The lowest BCUT2D eigenvalue weighted by molar-refractivity contribution is 0.399. The summed E-state index contributed by atoms with van der Waals surface area (Å²) in [7, 11) is 1.38. The van der Waals surface area contributed by atoms with Crippen molar-refractivity contribution in [1.82, 2.24) is 0 Å². The van der Waals surface area contributed by atoms with Gasteiger partial charge in [0.15, 0.2) is 0 Å². The largest absolute Gasteiger partial charge is 0.481 e. The van der Waals surface area contributed by atoms with Crippen LogP contribution in [0.5, 0.6) is 0 Å². The van der Waals surface area contributed by atoms with Crippen molar-refractivity contribution in [3.05, 3.63) is 23.6 Å². The molecular formula is C8H12FNO. The highest BCUT2D eigenvalue weighted by molar-refractivity contribution is 5.90.